The third-order valence-electron chi connectivity index (χ3n) is 14.3. The maximum Gasteiger partial charge on any atom is 0.494 e. The van der Waals surface area contributed by atoms with Crippen LogP contribution in [0.5, 0.6) is 0 Å². The van der Waals surface area contributed by atoms with Crippen molar-refractivity contribution in [3.05, 3.63) is 113 Å². The number of carbonyl (C=O) groups excluding carboxylic acids is 2. The number of anilines is 4. The summed E-state index contributed by atoms with van der Waals surface area (Å²) in [5.41, 5.74) is 6.99. The molecule has 0 saturated carbocycles. The van der Waals surface area contributed by atoms with Crippen molar-refractivity contribution in [3.63, 3.8) is 0 Å². The summed E-state index contributed by atoms with van der Waals surface area (Å²) >= 11 is 5.84. The lowest BCUT2D eigenvalue weighted by molar-refractivity contribution is 0.00578. The van der Waals surface area contributed by atoms with Gasteiger partial charge in [0, 0.05) is 43.4 Å². The van der Waals surface area contributed by atoms with Gasteiger partial charge in [0.05, 0.1) is 52.7 Å². The number of halogens is 1. The van der Waals surface area contributed by atoms with Crippen molar-refractivity contribution >= 4 is 59.6 Å². The van der Waals surface area contributed by atoms with Crippen LogP contribution in [0.3, 0.4) is 0 Å². The fraction of sp³-hybridized carbons (Fsp3) is 0.525. The minimum Gasteiger partial charge on any atom is -0.444 e. The van der Waals surface area contributed by atoms with Gasteiger partial charge in [-0.3, -0.25) is 9.36 Å². The van der Waals surface area contributed by atoms with E-state index in [2.05, 4.69) is 76.4 Å². The van der Waals surface area contributed by atoms with E-state index in [4.69, 9.17) is 35.4 Å². The first-order valence-electron chi connectivity index (χ1n) is 27.5. The van der Waals surface area contributed by atoms with Crippen molar-refractivity contribution in [1.82, 2.24) is 59.9 Å². The standard InChI is InChI=1S/C26H35N7O2.C19H30BNO4.C13H17ClN6.CH4/c1-18-14-19(6-7-20(18)15-28-25(34)35-26(2,3)4)23-8-11-27-24(31-23)30-21-16-29-33(17-21)22-9-12-32(5)13-10-22;1-13-11-15(20-24-18(5,6)19(7,8)25-20)10-9-14(13)12-21-16(22)23-17(2,3)4;1-19-6-3-11(4-7-19)20-9-10(8-16-20)17-13-15-5-2-12(14)18-13;/h6-8,11,14,16-17,22H,9-10,12-13,15H2,1-5H3,(H,28,34)(H,27,30,31);9-11H,12H2,1-8H3,(H,21,22);2,5,8-9,11H,3-4,6-7H2,1H3,(H,15,17,18);1H4. The molecule has 2 aromatic carbocycles. The molecule has 3 aliphatic rings. The summed E-state index contributed by atoms with van der Waals surface area (Å²) in [6.07, 6.45) is 14.7. The summed E-state index contributed by atoms with van der Waals surface area (Å²) in [7, 11) is 3.94. The van der Waals surface area contributed by atoms with E-state index in [1.54, 1.807) is 24.7 Å². The summed E-state index contributed by atoms with van der Waals surface area (Å²) in [5.74, 6) is 1.01. The molecule has 20 nitrogen and oxygen atoms in total. The molecule has 0 unspecified atom stereocenters. The van der Waals surface area contributed by atoms with Gasteiger partial charge in [-0.15, -0.1) is 0 Å². The van der Waals surface area contributed by atoms with Gasteiger partial charge in [-0.25, -0.2) is 29.5 Å². The average molecular weight is 1130 g/mol. The van der Waals surface area contributed by atoms with E-state index in [0.29, 0.717) is 42.2 Å². The Labute approximate surface area is 485 Å². The van der Waals surface area contributed by atoms with Crippen LogP contribution in [0, 0.1) is 13.8 Å². The third kappa shape index (κ3) is 19.0. The molecule has 0 spiro atoms. The van der Waals surface area contributed by atoms with E-state index in [1.807, 2.05) is 147 Å². The number of alkyl carbamates (subject to hydrolysis) is 2. The minimum absolute atomic E-state index is 0. The van der Waals surface area contributed by atoms with Gasteiger partial charge in [0.2, 0.25) is 11.9 Å². The molecule has 3 fully saturated rings. The molecule has 0 radical (unpaired) electrons. The number of aromatic nitrogens is 8. The first-order valence-corrected chi connectivity index (χ1v) is 27.8. The van der Waals surface area contributed by atoms with Crippen LogP contribution in [0.1, 0.15) is 137 Å². The molecular weight excluding hydrogens is 1050 g/mol. The molecule has 438 valence electrons. The number of carbonyl (C=O) groups is 2. The highest BCUT2D eigenvalue weighted by atomic mass is 35.5. The monoisotopic (exact) mass is 1130 g/mol. The Hall–Kier alpha value is -6.65. The molecule has 3 saturated heterocycles. The number of likely N-dealkylation sites (tertiary alicyclic amines) is 2. The summed E-state index contributed by atoms with van der Waals surface area (Å²) < 4.78 is 26.8. The zero-order valence-electron chi connectivity index (χ0n) is 49.2. The van der Waals surface area contributed by atoms with Gasteiger partial charge in [0.15, 0.2) is 0 Å². The second kappa shape index (κ2) is 27.4. The number of aryl methyl sites for hydroxylation is 2. The highest BCUT2D eigenvalue weighted by Gasteiger charge is 2.51. The average Bonchev–Trinajstić information content (AvgIpc) is 4.28. The lowest BCUT2D eigenvalue weighted by Crippen LogP contribution is -2.41. The SMILES string of the molecule is C.CN1CCC(n2cc(Nc3nccc(Cl)n3)cn2)CC1.Cc1cc(-c2ccnc(Nc3cnn(C4CCN(C)CC4)c3)n2)ccc1CNC(=O)OC(C)(C)C.Cc1cc(B2OC(C)(C)C(C)(C)O2)ccc1CNC(=O)OC(C)(C)C. The Morgan fingerprint density at radius 2 is 1.11 bits per heavy atom. The maximum atomic E-state index is 12.0. The molecule has 6 aromatic rings. The Morgan fingerprint density at radius 1 is 0.667 bits per heavy atom. The van der Waals surface area contributed by atoms with Gasteiger partial charge < -0.3 is 49.8 Å². The van der Waals surface area contributed by atoms with Crippen molar-refractivity contribution in [3.8, 4) is 11.3 Å². The van der Waals surface area contributed by atoms with Gasteiger partial charge in [-0.1, -0.05) is 49.4 Å². The second-order valence-corrected chi connectivity index (χ2v) is 24.2. The van der Waals surface area contributed by atoms with E-state index in [9.17, 15) is 9.59 Å². The number of nitrogens with zero attached hydrogens (tertiary/aromatic N) is 10. The topological polar surface area (TPSA) is 213 Å². The fourth-order valence-corrected chi connectivity index (χ4v) is 9.15. The lowest BCUT2D eigenvalue weighted by atomic mass is 9.78. The summed E-state index contributed by atoms with van der Waals surface area (Å²) in [6, 6.07) is 16.5. The van der Waals surface area contributed by atoms with E-state index in [-0.39, 0.29) is 25.7 Å². The number of benzene rings is 2. The van der Waals surface area contributed by atoms with Gasteiger partial charge in [-0.2, -0.15) is 10.2 Å². The van der Waals surface area contributed by atoms with Crippen molar-refractivity contribution in [2.24, 2.45) is 0 Å². The highest BCUT2D eigenvalue weighted by Crippen LogP contribution is 2.37. The van der Waals surface area contributed by atoms with Crippen molar-refractivity contribution in [2.45, 2.75) is 164 Å². The van der Waals surface area contributed by atoms with E-state index in [1.165, 1.54) is 0 Å². The van der Waals surface area contributed by atoms with Crippen LogP contribution in [0.2, 0.25) is 5.15 Å². The Balaban J connectivity index is 0.000000203. The number of nitrogens with one attached hydrogen (secondary N) is 4. The second-order valence-electron chi connectivity index (χ2n) is 23.8. The first-order chi connectivity index (χ1) is 37.7. The Morgan fingerprint density at radius 3 is 1.56 bits per heavy atom. The Bertz CT molecular complexity index is 3000. The van der Waals surface area contributed by atoms with Crippen LogP contribution in [-0.2, 0) is 31.9 Å². The van der Waals surface area contributed by atoms with Crippen molar-refractivity contribution in [2.75, 3.05) is 50.9 Å². The molecule has 4 aromatic heterocycles. The van der Waals surface area contributed by atoms with Crippen LogP contribution in [-0.4, -0.2) is 131 Å². The van der Waals surface area contributed by atoms with E-state index in [0.717, 1.165) is 102 Å². The number of piperidine rings is 2. The lowest BCUT2D eigenvalue weighted by Gasteiger charge is -2.32. The zero-order valence-corrected chi connectivity index (χ0v) is 49.9. The molecule has 81 heavy (non-hydrogen) atoms. The molecule has 2 amide bonds. The number of hydrogen-bond acceptors (Lipinski definition) is 16. The number of ether oxygens (including phenoxy) is 2. The summed E-state index contributed by atoms with van der Waals surface area (Å²) in [6.45, 7) is 28.5. The van der Waals surface area contributed by atoms with Gasteiger partial charge in [0.1, 0.15) is 16.4 Å². The molecule has 3 aliphatic heterocycles. The van der Waals surface area contributed by atoms with Crippen molar-refractivity contribution < 1.29 is 28.4 Å². The highest BCUT2D eigenvalue weighted by molar-refractivity contribution is 6.62. The Kier molecular flexibility index (Phi) is 21.5. The number of amides is 2. The van der Waals surface area contributed by atoms with Crippen LogP contribution in [0.4, 0.5) is 32.9 Å². The van der Waals surface area contributed by atoms with Gasteiger partial charge in [-0.05, 0) is 195 Å². The predicted octanol–water partition coefficient (Wildman–Crippen LogP) is 11.0. The van der Waals surface area contributed by atoms with E-state index < -0.39 is 23.4 Å². The molecule has 7 heterocycles. The van der Waals surface area contributed by atoms with Gasteiger partial charge >= 0.3 is 19.3 Å². The molecular formula is C59H86BClN14O6. The summed E-state index contributed by atoms with van der Waals surface area (Å²) in [4.78, 5) is 45.7. The van der Waals surface area contributed by atoms with Crippen molar-refractivity contribution in [1.29, 1.82) is 0 Å². The molecule has 0 aliphatic carbocycles. The van der Waals surface area contributed by atoms with Crippen LogP contribution < -0.4 is 26.7 Å². The number of rotatable bonds is 12. The number of hydrogen-bond donors (Lipinski definition) is 4. The molecule has 22 heteroatoms. The van der Waals surface area contributed by atoms with Crippen LogP contribution in [0.15, 0.2) is 85.7 Å². The fourth-order valence-electron chi connectivity index (χ4n) is 9.02. The largest absolute Gasteiger partial charge is 0.494 e. The maximum absolute atomic E-state index is 12.0. The first kappa shape index (κ1) is 63.5. The molecule has 4 N–H and O–H groups in total. The molecule has 0 bridgehead atoms. The summed E-state index contributed by atoms with van der Waals surface area (Å²) in [5, 5.41) is 21.4. The van der Waals surface area contributed by atoms with E-state index >= 15 is 0 Å². The third-order valence-corrected chi connectivity index (χ3v) is 14.5. The molecule has 0 atom stereocenters. The predicted molar refractivity (Wildman–Crippen MR) is 322 cm³/mol. The van der Waals surface area contributed by atoms with Gasteiger partial charge in [0.25, 0.3) is 0 Å². The van der Waals surface area contributed by atoms with Crippen LogP contribution in [0.25, 0.3) is 11.3 Å². The van der Waals surface area contributed by atoms with Crippen LogP contribution >= 0.6 is 11.6 Å². The zero-order chi connectivity index (χ0) is 58.0. The molecule has 9 rings (SSSR count). The smallest absolute Gasteiger partial charge is 0.444 e. The normalized spacial score (nSPS) is 16.7. The quantitative estimate of drug-likeness (QED) is 0.0663. The minimum atomic E-state index is -0.521.